The molecule has 0 spiro atoms. The first kappa shape index (κ1) is 19.3. The van der Waals surface area contributed by atoms with Gasteiger partial charge in [0.1, 0.15) is 11.6 Å². The Bertz CT molecular complexity index is 585. The van der Waals surface area contributed by atoms with Gasteiger partial charge in [0.25, 0.3) is 0 Å². The van der Waals surface area contributed by atoms with Crippen molar-refractivity contribution in [2.45, 2.75) is 38.6 Å². The van der Waals surface area contributed by atoms with E-state index in [4.69, 9.17) is 9.47 Å². The molecule has 1 amide bonds. The summed E-state index contributed by atoms with van der Waals surface area (Å²) in [5.41, 5.74) is 0. The van der Waals surface area contributed by atoms with E-state index in [0.29, 0.717) is 19.6 Å². The van der Waals surface area contributed by atoms with Crippen LogP contribution in [-0.4, -0.2) is 83.1 Å². The normalized spacial score (nSPS) is 21.9. The predicted octanol–water partition coefficient (Wildman–Crippen LogP) is 0.780. The summed E-state index contributed by atoms with van der Waals surface area (Å²) >= 11 is 0. The highest BCUT2D eigenvalue weighted by Gasteiger charge is 2.28. The zero-order chi connectivity index (χ0) is 18.4. The van der Waals surface area contributed by atoms with Crippen LogP contribution in [-0.2, 0) is 27.9 Å². The zero-order valence-electron chi connectivity index (χ0n) is 16.0. The Kier molecular flexibility index (Phi) is 6.99. The van der Waals surface area contributed by atoms with Crippen molar-refractivity contribution in [2.24, 2.45) is 7.05 Å². The summed E-state index contributed by atoms with van der Waals surface area (Å²) in [5, 5.41) is 8.89. The van der Waals surface area contributed by atoms with Crippen LogP contribution in [0.25, 0.3) is 0 Å². The molecule has 3 heterocycles. The second kappa shape index (κ2) is 9.43. The number of nitrogens with zero attached hydrogens (tertiary/aromatic N) is 5. The van der Waals surface area contributed by atoms with Gasteiger partial charge in [-0.15, -0.1) is 10.2 Å². The Morgan fingerprint density at radius 1 is 1.27 bits per heavy atom. The molecule has 26 heavy (non-hydrogen) atoms. The van der Waals surface area contributed by atoms with Crippen molar-refractivity contribution >= 4 is 5.91 Å². The van der Waals surface area contributed by atoms with Crippen LogP contribution in [0.4, 0.5) is 0 Å². The predicted molar refractivity (Wildman–Crippen MR) is 96.8 cm³/mol. The van der Waals surface area contributed by atoms with Gasteiger partial charge in [0, 0.05) is 45.8 Å². The SMILES string of the molecule is CCOCCC(=O)N1CCC[C@H](c2nnc(CN3CCOCC3)n2C)C1. The minimum absolute atomic E-state index is 0.179. The van der Waals surface area contributed by atoms with Crippen LogP contribution in [0, 0.1) is 0 Å². The van der Waals surface area contributed by atoms with E-state index in [1.54, 1.807) is 0 Å². The third-order valence-electron chi connectivity index (χ3n) is 5.27. The monoisotopic (exact) mass is 365 g/mol. The largest absolute Gasteiger partial charge is 0.381 e. The van der Waals surface area contributed by atoms with E-state index in [1.165, 1.54) is 0 Å². The Morgan fingerprint density at radius 2 is 2.08 bits per heavy atom. The van der Waals surface area contributed by atoms with Crippen LogP contribution in [0.2, 0.25) is 0 Å². The van der Waals surface area contributed by atoms with Crippen molar-refractivity contribution in [3.63, 3.8) is 0 Å². The van der Waals surface area contributed by atoms with Crippen molar-refractivity contribution in [3.05, 3.63) is 11.6 Å². The number of rotatable bonds is 7. The highest BCUT2D eigenvalue weighted by atomic mass is 16.5. The average molecular weight is 365 g/mol. The summed E-state index contributed by atoms with van der Waals surface area (Å²) in [7, 11) is 2.04. The van der Waals surface area contributed by atoms with Gasteiger partial charge in [0.15, 0.2) is 0 Å². The molecule has 2 aliphatic rings. The van der Waals surface area contributed by atoms with E-state index in [0.717, 1.165) is 70.4 Å². The summed E-state index contributed by atoms with van der Waals surface area (Å²) in [6, 6.07) is 0. The van der Waals surface area contributed by atoms with Gasteiger partial charge in [-0.2, -0.15) is 0 Å². The van der Waals surface area contributed by atoms with E-state index in [1.807, 2.05) is 18.9 Å². The maximum Gasteiger partial charge on any atom is 0.224 e. The molecule has 1 aromatic rings. The fourth-order valence-corrected chi connectivity index (χ4v) is 3.70. The van der Waals surface area contributed by atoms with Crippen LogP contribution in [0.1, 0.15) is 43.8 Å². The molecule has 1 atom stereocenters. The summed E-state index contributed by atoms with van der Waals surface area (Å²) in [6.07, 6.45) is 2.52. The molecule has 8 heteroatoms. The number of hydrogen-bond acceptors (Lipinski definition) is 6. The van der Waals surface area contributed by atoms with Gasteiger partial charge in [0.2, 0.25) is 5.91 Å². The number of carbonyl (C=O) groups is 1. The van der Waals surface area contributed by atoms with Gasteiger partial charge >= 0.3 is 0 Å². The van der Waals surface area contributed by atoms with Gasteiger partial charge < -0.3 is 18.9 Å². The summed E-state index contributed by atoms with van der Waals surface area (Å²) < 4.78 is 12.8. The first-order chi connectivity index (χ1) is 12.7. The number of morpholine rings is 1. The number of hydrogen-bond donors (Lipinski definition) is 0. The second-order valence-electron chi connectivity index (χ2n) is 7.05. The molecule has 8 nitrogen and oxygen atoms in total. The van der Waals surface area contributed by atoms with Gasteiger partial charge in [0.05, 0.1) is 32.8 Å². The topological polar surface area (TPSA) is 72.7 Å². The Morgan fingerprint density at radius 3 is 2.85 bits per heavy atom. The third-order valence-corrected chi connectivity index (χ3v) is 5.27. The van der Waals surface area contributed by atoms with Crippen molar-refractivity contribution in [1.29, 1.82) is 0 Å². The second-order valence-corrected chi connectivity index (χ2v) is 7.05. The molecule has 2 aliphatic heterocycles. The number of carbonyl (C=O) groups excluding carboxylic acids is 1. The van der Waals surface area contributed by atoms with Crippen LogP contribution in [0.15, 0.2) is 0 Å². The molecular weight excluding hydrogens is 334 g/mol. The number of likely N-dealkylation sites (tertiary alicyclic amines) is 1. The molecule has 0 bridgehead atoms. The summed E-state index contributed by atoms with van der Waals surface area (Å²) in [6.45, 7) is 8.92. The lowest BCUT2D eigenvalue weighted by molar-refractivity contribution is -0.133. The van der Waals surface area contributed by atoms with E-state index >= 15 is 0 Å². The molecule has 2 fully saturated rings. The quantitative estimate of drug-likeness (QED) is 0.665. The molecule has 0 N–H and O–H groups in total. The molecule has 0 unspecified atom stereocenters. The lowest BCUT2D eigenvalue weighted by Crippen LogP contribution is -2.40. The smallest absolute Gasteiger partial charge is 0.224 e. The molecule has 2 saturated heterocycles. The molecule has 3 rings (SSSR count). The highest BCUT2D eigenvalue weighted by molar-refractivity contribution is 5.76. The fraction of sp³-hybridized carbons (Fsp3) is 0.833. The first-order valence-electron chi connectivity index (χ1n) is 9.72. The van der Waals surface area contributed by atoms with Crippen LogP contribution < -0.4 is 0 Å². The van der Waals surface area contributed by atoms with E-state index in [9.17, 15) is 4.79 Å². The van der Waals surface area contributed by atoms with Gasteiger partial charge in [-0.05, 0) is 19.8 Å². The van der Waals surface area contributed by atoms with Gasteiger partial charge in [-0.1, -0.05) is 0 Å². The molecule has 146 valence electrons. The van der Waals surface area contributed by atoms with E-state index in [2.05, 4.69) is 19.7 Å². The number of aromatic nitrogens is 3. The van der Waals surface area contributed by atoms with Crippen LogP contribution in [0.3, 0.4) is 0 Å². The average Bonchev–Trinajstić information content (AvgIpc) is 3.03. The zero-order valence-corrected chi connectivity index (χ0v) is 16.0. The molecule has 0 radical (unpaired) electrons. The minimum atomic E-state index is 0.179. The van der Waals surface area contributed by atoms with Gasteiger partial charge in [-0.25, -0.2) is 0 Å². The molecule has 0 saturated carbocycles. The Labute approximate surface area is 155 Å². The molecule has 0 aliphatic carbocycles. The number of ether oxygens (including phenoxy) is 2. The summed E-state index contributed by atoms with van der Waals surface area (Å²) in [4.78, 5) is 16.7. The maximum atomic E-state index is 12.4. The number of amides is 1. The summed E-state index contributed by atoms with van der Waals surface area (Å²) in [5.74, 6) is 2.42. The Balaban J connectivity index is 1.58. The first-order valence-corrected chi connectivity index (χ1v) is 9.72. The van der Waals surface area contributed by atoms with Crippen LogP contribution in [0.5, 0.6) is 0 Å². The van der Waals surface area contributed by atoms with Gasteiger partial charge in [-0.3, -0.25) is 9.69 Å². The third kappa shape index (κ3) is 4.81. The van der Waals surface area contributed by atoms with Crippen LogP contribution >= 0.6 is 0 Å². The van der Waals surface area contributed by atoms with Crippen molar-refractivity contribution in [3.8, 4) is 0 Å². The Hall–Kier alpha value is -1.51. The van der Waals surface area contributed by atoms with E-state index < -0.39 is 0 Å². The molecular formula is C18H31N5O3. The molecule has 0 aromatic carbocycles. The lowest BCUT2D eigenvalue weighted by Gasteiger charge is -2.32. The van der Waals surface area contributed by atoms with E-state index in [-0.39, 0.29) is 11.8 Å². The molecule has 1 aromatic heterocycles. The highest BCUT2D eigenvalue weighted by Crippen LogP contribution is 2.26. The minimum Gasteiger partial charge on any atom is -0.381 e. The van der Waals surface area contributed by atoms with Crippen molar-refractivity contribution in [1.82, 2.24) is 24.6 Å². The van der Waals surface area contributed by atoms with Crippen molar-refractivity contribution < 1.29 is 14.3 Å². The lowest BCUT2D eigenvalue weighted by atomic mass is 9.97. The number of piperidine rings is 1. The maximum absolute atomic E-state index is 12.4. The standard InChI is InChI=1S/C18H31N5O3/c1-3-25-10-6-17(24)23-7-4-5-15(13-23)18-20-19-16(21(18)2)14-22-8-11-26-12-9-22/h15H,3-14H2,1-2H3/t15-/m0/s1. The fourth-order valence-electron chi connectivity index (χ4n) is 3.70. The van der Waals surface area contributed by atoms with Crippen molar-refractivity contribution in [2.75, 3.05) is 52.6 Å².